The molecule has 0 unspecified atom stereocenters. The highest BCUT2D eigenvalue weighted by atomic mass is 16.2. The molecule has 0 aromatic heterocycles. The second-order valence-corrected chi connectivity index (χ2v) is 6.34. The lowest BCUT2D eigenvalue weighted by Gasteiger charge is -2.39. The summed E-state index contributed by atoms with van der Waals surface area (Å²) in [5.41, 5.74) is 0. The first-order valence-electron chi connectivity index (χ1n) is 8.04. The summed E-state index contributed by atoms with van der Waals surface area (Å²) in [6.45, 7) is 4.52. The Bertz CT molecular complexity index is 367. The number of rotatable bonds is 2. The molecule has 0 aromatic carbocycles. The van der Waals surface area contributed by atoms with Crippen molar-refractivity contribution in [3.8, 4) is 0 Å². The Morgan fingerprint density at radius 2 is 1.25 bits per heavy atom. The molecule has 0 aromatic rings. The first kappa shape index (κ1) is 13.9. The third kappa shape index (κ3) is 2.82. The number of carbonyl (C=O) groups excluding carboxylic acids is 2. The Morgan fingerprint density at radius 1 is 0.750 bits per heavy atom. The standard InChI is InChI=1S/C15H25N3O2/c19-14(12-4-2-1-3-5-12)17-6-8-18(9-7-17)15(20)13-10-16-11-13/h12-13,16H,1-11H2. The third-order valence-corrected chi connectivity index (χ3v) is 4.99. The molecule has 0 radical (unpaired) electrons. The van der Waals surface area contributed by atoms with Crippen molar-refractivity contribution >= 4 is 11.8 Å². The van der Waals surface area contributed by atoms with Crippen LogP contribution in [0.4, 0.5) is 0 Å². The molecule has 5 nitrogen and oxygen atoms in total. The zero-order valence-corrected chi connectivity index (χ0v) is 12.1. The molecule has 2 amide bonds. The van der Waals surface area contributed by atoms with Crippen LogP contribution in [-0.2, 0) is 9.59 Å². The second kappa shape index (κ2) is 6.12. The number of nitrogens with one attached hydrogen (secondary N) is 1. The van der Waals surface area contributed by atoms with Crippen LogP contribution in [0, 0.1) is 11.8 Å². The predicted octanol–water partition coefficient (Wildman–Crippen LogP) is 0.457. The number of piperazine rings is 1. The molecule has 1 saturated carbocycles. The van der Waals surface area contributed by atoms with Gasteiger partial charge in [-0.1, -0.05) is 19.3 Å². The van der Waals surface area contributed by atoms with Crippen LogP contribution in [0.3, 0.4) is 0 Å². The van der Waals surface area contributed by atoms with Gasteiger partial charge in [0.25, 0.3) is 0 Å². The van der Waals surface area contributed by atoms with Crippen LogP contribution in [0.1, 0.15) is 32.1 Å². The molecule has 0 bridgehead atoms. The normalized spacial score (nSPS) is 25.4. The fourth-order valence-electron chi connectivity index (χ4n) is 3.48. The first-order valence-corrected chi connectivity index (χ1v) is 8.04. The van der Waals surface area contributed by atoms with E-state index < -0.39 is 0 Å². The maximum absolute atomic E-state index is 12.4. The van der Waals surface area contributed by atoms with Crippen molar-refractivity contribution in [2.24, 2.45) is 11.8 Å². The molecule has 2 aliphatic heterocycles. The Morgan fingerprint density at radius 3 is 1.70 bits per heavy atom. The summed E-state index contributed by atoms with van der Waals surface area (Å²) in [5, 5.41) is 3.14. The zero-order chi connectivity index (χ0) is 13.9. The summed E-state index contributed by atoms with van der Waals surface area (Å²) >= 11 is 0. The Labute approximate surface area is 120 Å². The first-order chi connectivity index (χ1) is 9.75. The highest BCUT2D eigenvalue weighted by molar-refractivity contribution is 5.81. The summed E-state index contributed by atoms with van der Waals surface area (Å²) in [4.78, 5) is 28.5. The molecule has 2 heterocycles. The number of hydrogen-bond donors (Lipinski definition) is 1. The fraction of sp³-hybridized carbons (Fsp3) is 0.867. The van der Waals surface area contributed by atoms with Crippen LogP contribution < -0.4 is 5.32 Å². The molecule has 3 aliphatic rings. The minimum Gasteiger partial charge on any atom is -0.339 e. The average molecular weight is 279 g/mol. The van der Waals surface area contributed by atoms with Crippen molar-refractivity contribution in [1.29, 1.82) is 0 Å². The van der Waals surface area contributed by atoms with E-state index >= 15 is 0 Å². The van der Waals surface area contributed by atoms with Gasteiger partial charge in [-0.05, 0) is 12.8 Å². The van der Waals surface area contributed by atoms with Gasteiger partial charge in [0.15, 0.2) is 0 Å². The molecule has 1 N–H and O–H groups in total. The van der Waals surface area contributed by atoms with Gasteiger partial charge in [0.05, 0.1) is 5.92 Å². The van der Waals surface area contributed by atoms with E-state index in [0.29, 0.717) is 19.0 Å². The quantitative estimate of drug-likeness (QED) is 0.799. The summed E-state index contributed by atoms with van der Waals surface area (Å²) in [5.74, 6) is 1.04. The molecule has 0 spiro atoms. The molecule has 2 saturated heterocycles. The number of nitrogens with zero attached hydrogens (tertiary/aromatic N) is 2. The summed E-state index contributed by atoms with van der Waals surface area (Å²) < 4.78 is 0. The minimum absolute atomic E-state index is 0.176. The summed E-state index contributed by atoms with van der Waals surface area (Å²) in [6.07, 6.45) is 5.80. The Hall–Kier alpha value is -1.10. The van der Waals surface area contributed by atoms with E-state index in [9.17, 15) is 9.59 Å². The van der Waals surface area contributed by atoms with E-state index in [1.807, 2.05) is 9.80 Å². The van der Waals surface area contributed by atoms with Gasteiger partial charge >= 0.3 is 0 Å². The van der Waals surface area contributed by atoms with E-state index in [4.69, 9.17) is 0 Å². The van der Waals surface area contributed by atoms with Crippen LogP contribution in [-0.4, -0.2) is 60.9 Å². The van der Waals surface area contributed by atoms with Gasteiger partial charge in [-0.15, -0.1) is 0 Å². The van der Waals surface area contributed by atoms with Crippen LogP contribution in [0.5, 0.6) is 0 Å². The summed E-state index contributed by atoms with van der Waals surface area (Å²) in [7, 11) is 0. The average Bonchev–Trinajstić information content (AvgIpc) is 2.46. The summed E-state index contributed by atoms with van der Waals surface area (Å²) in [6, 6.07) is 0. The largest absolute Gasteiger partial charge is 0.339 e. The van der Waals surface area contributed by atoms with E-state index in [1.165, 1.54) is 19.3 Å². The topological polar surface area (TPSA) is 52.7 Å². The van der Waals surface area contributed by atoms with Gasteiger partial charge < -0.3 is 15.1 Å². The molecule has 0 atom stereocenters. The van der Waals surface area contributed by atoms with Crippen LogP contribution in [0.2, 0.25) is 0 Å². The second-order valence-electron chi connectivity index (χ2n) is 6.34. The van der Waals surface area contributed by atoms with Crippen molar-refractivity contribution < 1.29 is 9.59 Å². The molecule has 5 heteroatoms. The van der Waals surface area contributed by atoms with Crippen molar-refractivity contribution in [3.63, 3.8) is 0 Å². The van der Waals surface area contributed by atoms with Crippen molar-refractivity contribution in [2.75, 3.05) is 39.3 Å². The van der Waals surface area contributed by atoms with E-state index in [1.54, 1.807) is 0 Å². The van der Waals surface area contributed by atoms with E-state index in [2.05, 4.69) is 5.32 Å². The van der Waals surface area contributed by atoms with Crippen molar-refractivity contribution in [2.45, 2.75) is 32.1 Å². The van der Waals surface area contributed by atoms with E-state index in [0.717, 1.165) is 39.0 Å². The van der Waals surface area contributed by atoms with Gasteiger partial charge in [-0.3, -0.25) is 9.59 Å². The maximum Gasteiger partial charge on any atom is 0.228 e. The molecule has 1 aliphatic carbocycles. The maximum atomic E-state index is 12.4. The van der Waals surface area contributed by atoms with Gasteiger partial charge in [-0.25, -0.2) is 0 Å². The Kier molecular flexibility index (Phi) is 4.24. The number of amides is 2. The molecule has 112 valence electrons. The van der Waals surface area contributed by atoms with Gasteiger partial charge in [0.2, 0.25) is 11.8 Å². The molecular formula is C15H25N3O2. The minimum atomic E-state index is 0.176. The van der Waals surface area contributed by atoms with E-state index in [-0.39, 0.29) is 17.7 Å². The van der Waals surface area contributed by atoms with Crippen molar-refractivity contribution in [1.82, 2.24) is 15.1 Å². The highest BCUT2D eigenvalue weighted by Gasteiger charge is 2.33. The SMILES string of the molecule is O=C(C1CCCCC1)N1CCN(C(=O)C2CNC2)CC1. The molecule has 3 fully saturated rings. The monoisotopic (exact) mass is 279 g/mol. The van der Waals surface area contributed by atoms with Gasteiger partial charge in [-0.2, -0.15) is 0 Å². The molecule has 3 rings (SSSR count). The van der Waals surface area contributed by atoms with Gasteiger partial charge in [0.1, 0.15) is 0 Å². The zero-order valence-electron chi connectivity index (χ0n) is 12.1. The lowest BCUT2D eigenvalue weighted by molar-refractivity contribution is -0.145. The fourth-order valence-corrected chi connectivity index (χ4v) is 3.48. The van der Waals surface area contributed by atoms with Crippen LogP contribution in [0.15, 0.2) is 0 Å². The number of carbonyl (C=O) groups is 2. The smallest absolute Gasteiger partial charge is 0.228 e. The molecule has 20 heavy (non-hydrogen) atoms. The lowest BCUT2D eigenvalue weighted by Crippen LogP contribution is -2.57. The molecular weight excluding hydrogens is 254 g/mol. The van der Waals surface area contributed by atoms with Gasteiger partial charge in [0, 0.05) is 45.2 Å². The predicted molar refractivity (Wildman–Crippen MR) is 76.1 cm³/mol. The van der Waals surface area contributed by atoms with Crippen LogP contribution in [0.25, 0.3) is 0 Å². The highest BCUT2D eigenvalue weighted by Crippen LogP contribution is 2.26. The lowest BCUT2D eigenvalue weighted by atomic mass is 9.88. The van der Waals surface area contributed by atoms with Crippen LogP contribution >= 0.6 is 0 Å². The Balaban J connectivity index is 1.47. The van der Waals surface area contributed by atoms with Crippen molar-refractivity contribution in [3.05, 3.63) is 0 Å². The third-order valence-electron chi connectivity index (χ3n) is 4.99. The number of hydrogen-bond acceptors (Lipinski definition) is 3.